The molecule has 1 saturated heterocycles. The lowest BCUT2D eigenvalue weighted by Gasteiger charge is -2.13. The molecule has 1 fully saturated rings. The van der Waals surface area contributed by atoms with Gasteiger partial charge in [-0.05, 0) is 18.9 Å². The highest BCUT2D eigenvalue weighted by atomic mass is 16.2. The average molecular weight is 216 g/mol. The highest BCUT2D eigenvalue weighted by Gasteiger charge is 2.22. The summed E-state index contributed by atoms with van der Waals surface area (Å²) in [5.41, 5.74) is 1.24. The van der Waals surface area contributed by atoms with Crippen LogP contribution in [0.5, 0.6) is 0 Å². The molecule has 0 aliphatic carbocycles. The zero-order chi connectivity index (χ0) is 11.0. The smallest absolute Gasteiger partial charge is 0.259 e. The molecule has 5 heteroatoms. The number of nitrogens with zero attached hydrogens (tertiary/aromatic N) is 4. The van der Waals surface area contributed by atoms with Gasteiger partial charge < -0.3 is 4.90 Å². The van der Waals surface area contributed by atoms with Crippen LogP contribution >= 0.6 is 0 Å². The van der Waals surface area contributed by atoms with Crippen LogP contribution in [-0.2, 0) is 0 Å². The fourth-order valence-corrected chi connectivity index (χ4v) is 2.07. The third kappa shape index (κ3) is 1.36. The number of carbonyl (C=O) groups is 1. The monoisotopic (exact) mass is 216 g/mol. The van der Waals surface area contributed by atoms with Gasteiger partial charge in [-0.2, -0.15) is 5.10 Å². The van der Waals surface area contributed by atoms with Crippen LogP contribution < -0.4 is 0 Å². The Kier molecular flexibility index (Phi) is 2.09. The molecular weight excluding hydrogens is 204 g/mol. The molecule has 1 aliphatic rings. The zero-order valence-corrected chi connectivity index (χ0v) is 8.83. The summed E-state index contributed by atoms with van der Waals surface area (Å²) in [6, 6.07) is 1.80. The van der Waals surface area contributed by atoms with Crippen molar-refractivity contribution in [3.63, 3.8) is 0 Å². The normalized spacial score (nSPS) is 15.9. The summed E-state index contributed by atoms with van der Waals surface area (Å²) in [5.74, 6) is 0.0474. The molecule has 0 aromatic carbocycles. The molecule has 0 bridgehead atoms. The highest BCUT2D eigenvalue weighted by molar-refractivity contribution is 5.99. The molecule has 1 amide bonds. The van der Waals surface area contributed by atoms with Crippen molar-refractivity contribution in [1.82, 2.24) is 19.5 Å². The van der Waals surface area contributed by atoms with Crippen LogP contribution in [0.15, 0.2) is 24.7 Å². The average Bonchev–Trinajstić information content (AvgIpc) is 2.98. The maximum atomic E-state index is 12.2. The molecule has 0 unspecified atom stereocenters. The lowest BCUT2D eigenvalue weighted by molar-refractivity contribution is 0.0794. The molecule has 0 radical (unpaired) electrons. The van der Waals surface area contributed by atoms with Gasteiger partial charge in [0.25, 0.3) is 5.91 Å². The second-order valence-electron chi connectivity index (χ2n) is 3.95. The molecule has 2 aromatic rings. The summed E-state index contributed by atoms with van der Waals surface area (Å²) < 4.78 is 1.63. The quantitative estimate of drug-likeness (QED) is 0.713. The van der Waals surface area contributed by atoms with Crippen LogP contribution in [-0.4, -0.2) is 38.5 Å². The Morgan fingerprint density at radius 2 is 2.12 bits per heavy atom. The molecular formula is C11H12N4O. The van der Waals surface area contributed by atoms with Crippen LogP contribution in [0.2, 0.25) is 0 Å². The fraction of sp³-hybridized carbons (Fsp3) is 0.364. The Morgan fingerprint density at radius 1 is 1.31 bits per heavy atom. The largest absolute Gasteiger partial charge is 0.338 e. The number of amides is 1. The molecule has 5 nitrogen and oxygen atoms in total. The SMILES string of the molecule is O=C(c1cnn2cccnc12)N1CCCC1. The van der Waals surface area contributed by atoms with E-state index in [4.69, 9.17) is 0 Å². The standard InChI is InChI=1S/C11H12N4O/c16-11(14-5-1-2-6-14)9-8-13-15-7-3-4-12-10(9)15/h3-4,7-8H,1-2,5-6H2. The van der Waals surface area contributed by atoms with Gasteiger partial charge in [-0.1, -0.05) is 0 Å². The van der Waals surface area contributed by atoms with E-state index in [1.165, 1.54) is 0 Å². The molecule has 0 atom stereocenters. The summed E-state index contributed by atoms with van der Waals surface area (Å²) in [6.07, 6.45) is 7.26. The predicted molar refractivity (Wildman–Crippen MR) is 58.1 cm³/mol. The van der Waals surface area contributed by atoms with E-state index in [-0.39, 0.29) is 5.91 Å². The van der Waals surface area contributed by atoms with E-state index < -0.39 is 0 Å². The zero-order valence-electron chi connectivity index (χ0n) is 8.83. The van der Waals surface area contributed by atoms with Gasteiger partial charge in [0.1, 0.15) is 5.56 Å². The van der Waals surface area contributed by atoms with Crippen molar-refractivity contribution in [2.24, 2.45) is 0 Å². The van der Waals surface area contributed by atoms with Crippen LogP contribution in [0, 0.1) is 0 Å². The lowest BCUT2D eigenvalue weighted by atomic mass is 10.3. The second kappa shape index (κ2) is 3.59. The van der Waals surface area contributed by atoms with Gasteiger partial charge in [-0.15, -0.1) is 0 Å². The van der Waals surface area contributed by atoms with E-state index in [9.17, 15) is 4.79 Å². The van der Waals surface area contributed by atoms with Crippen molar-refractivity contribution in [3.8, 4) is 0 Å². The molecule has 3 heterocycles. The van der Waals surface area contributed by atoms with E-state index in [0.29, 0.717) is 11.2 Å². The molecule has 2 aromatic heterocycles. The summed E-state index contributed by atoms with van der Waals surface area (Å²) >= 11 is 0. The molecule has 1 aliphatic heterocycles. The van der Waals surface area contributed by atoms with E-state index in [2.05, 4.69) is 10.1 Å². The number of likely N-dealkylation sites (tertiary alicyclic amines) is 1. The van der Waals surface area contributed by atoms with Gasteiger partial charge >= 0.3 is 0 Å². The maximum absolute atomic E-state index is 12.2. The Hall–Kier alpha value is -1.91. The molecule has 82 valence electrons. The molecule has 0 saturated carbocycles. The maximum Gasteiger partial charge on any atom is 0.259 e. The Bertz CT molecular complexity index is 528. The Labute approximate surface area is 92.7 Å². The van der Waals surface area contributed by atoms with E-state index in [0.717, 1.165) is 25.9 Å². The van der Waals surface area contributed by atoms with Crippen molar-refractivity contribution in [2.45, 2.75) is 12.8 Å². The number of rotatable bonds is 1. The molecule has 0 spiro atoms. The van der Waals surface area contributed by atoms with E-state index >= 15 is 0 Å². The van der Waals surface area contributed by atoms with Gasteiger partial charge in [-0.3, -0.25) is 4.79 Å². The number of aromatic nitrogens is 3. The van der Waals surface area contributed by atoms with Gasteiger partial charge in [0.15, 0.2) is 5.65 Å². The fourth-order valence-electron chi connectivity index (χ4n) is 2.07. The van der Waals surface area contributed by atoms with Crippen molar-refractivity contribution in [3.05, 3.63) is 30.2 Å². The van der Waals surface area contributed by atoms with Crippen LogP contribution in [0.25, 0.3) is 5.65 Å². The second-order valence-corrected chi connectivity index (χ2v) is 3.95. The minimum atomic E-state index is 0.0474. The number of hydrogen-bond acceptors (Lipinski definition) is 3. The summed E-state index contributed by atoms with van der Waals surface area (Å²) in [7, 11) is 0. The van der Waals surface area contributed by atoms with Gasteiger partial charge in [0, 0.05) is 25.5 Å². The first-order chi connectivity index (χ1) is 7.86. The van der Waals surface area contributed by atoms with Gasteiger partial charge in [-0.25, -0.2) is 9.50 Å². The minimum absolute atomic E-state index is 0.0474. The minimum Gasteiger partial charge on any atom is -0.338 e. The molecule has 3 rings (SSSR count). The van der Waals surface area contributed by atoms with Crippen LogP contribution in [0.4, 0.5) is 0 Å². The first kappa shape index (κ1) is 9.33. The van der Waals surface area contributed by atoms with Crippen molar-refractivity contribution < 1.29 is 4.79 Å². The molecule has 0 N–H and O–H groups in total. The third-order valence-electron chi connectivity index (χ3n) is 2.90. The predicted octanol–water partition coefficient (Wildman–Crippen LogP) is 0.965. The molecule has 16 heavy (non-hydrogen) atoms. The lowest BCUT2D eigenvalue weighted by Crippen LogP contribution is -2.27. The number of fused-ring (bicyclic) bond motifs is 1. The highest BCUT2D eigenvalue weighted by Crippen LogP contribution is 2.15. The summed E-state index contributed by atoms with van der Waals surface area (Å²) in [5, 5.41) is 4.12. The Balaban J connectivity index is 2.02. The van der Waals surface area contributed by atoms with E-state index in [1.54, 1.807) is 29.2 Å². The third-order valence-corrected chi connectivity index (χ3v) is 2.90. The van der Waals surface area contributed by atoms with Crippen molar-refractivity contribution in [2.75, 3.05) is 13.1 Å². The van der Waals surface area contributed by atoms with Crippen molar-refractivity contribution >= 4 is 11.6 Å². The first-order valence-electron chi connectivity index (χ1n) is 5.44. The van der Waals surface area contributed by atoms with E-state index in [1.807, 2.05) is 4.90 Å². The number of carbonyl (C=O) groups excluding carboxylic acids is 1. The van der Waals surface area contributed by atoms with Gasteiger partial charge in [0.05, 0.1) is 6.20 Å². The Morgan fingerprint density at radius 3 is 2.94 bits per heavy atom. The number of hydrogen-bond donors (Lipinski definition) is 0. The van der Waals surface area contributed by atoms with Gasteiger partial charge in [0.2, 0.25) is 0 Å². The van der Waals surface area contributed by atoms with Crippen LogP contribution in [0.1, 0.15) is 23.2 Å². The first-order valence-corrected chi connectivity index (χ1v) is 5.44. The summed E-state index contributed by atoms with van der Waals surface area (Å²) in [4.78, 5) is 18.2. The summed E-state index contributed by atoms with van der Waals surface area (Å²) in [6.45, 7) is 1.70. The van der Waals surface area contributed by atoms with Crippen molar-refractivity contribution in [1.29, 1.82) is 0 Å². The van der Waals surface area contributed by atoms with Crippen LogP contribution in [0.3, 0.4) is 0 Å². The topological polar surface area (TPSA) is 50.5 Å².